The molecule has 1 aromatic heterocycles. The minimum atomic E-state index is -0.312. The van der Waals surface area contributed by atoms with Gasteiger partial charge in [-0.1, -0.05) is 6.07 Å². The lowest BCUT2D eigenvalue weighted by atomic mass is 9.79. The standard InChI is InChI=1S/C14H16N2OS/c1-17-12-3-2-10-4-5-14(15,9-11(10)8-12)13-16-6-7-18-13/h2-3,6-8H,4-5,9,15H2,1H3. The second-order valence-electron chi connectivity index (χ2n) is 4.80. The number of hydrogen-bond donors (Lipinski definition) is 1. The average Bonchev–Trinajstić information content (AvgIpc) is 2.92. The van der Waals surface area contributed by atoms with Gasteiger partial charge in [-0.25, -0.2) is 4.98 Å². The van der Waals surface area contributed by atoms with Crippen molar-refractivity contribution < 1.29 is 4.74 Å². The predicted octanol–water partition coefficient (Wildman–Crippen LogP) is 2.49. The number of aryl methyl sites for hydroxylation is 1. The van der Waals surface area contributed by atoms with E-state index in [0.29, 0.717) is 0 Å². The van der Waals surface area contributed by atoms with Crippen molar-refractivity contribution >= 4 is 11.3 Å². The molecule has 0 bridgehead atoms. The van der Waals surface area contributed by atoms with Gasteiger partial charge in [-0.15, -0.1) is 11.3 Å². The Morgan fingerprint density at radius 1 is 1.39 bits per heavy atom. The highest BCUT2D eigenvalue weighted by atomic mass is 32.1. The van der Waals surface area contributed by atoms with Crippen molar-refractivity contribution in [3.8, 4) is 5.75 Å². The van der Waals surface area contributed by atoms with Crippen molar-refractivity contribution in [2.75, 3.05) is 7.11 Å². The Hall–Kier alpha value is -1.39. The lowest BCUT2D eigenvalue weighted by Crippen LogP contribution is -2.42. The monoisotopic (exact) mass is 260 g/mol. The smallest absolute Gasteiger partial charge is 0.119 e. The summed E-state index contributed by atoms with van der Waals surface area (Å²) in [4.78, 5) is 4.39. The summed E-state index contributed by atoms with van der Waals surface area (Å²) in [6.07, 6.45) is 4.64. The third kappa shape index (κ3) is 1.91. The van der Waals surface area contributed by atoms with Crippen LogP contribution >= 0.6 is 11.3 Å². The number of thiazole rings is 1. The molecule has 94 valence electrons. The molecule has 18 heavy (non-hydrogen) atoms. The molecule has 1 unspecified atom stereocenters. The summed E-state index contributed by atoms with van der Waals surface area (Å²) < 4.78 is 5.29. The Morgan fingerprint density at radius 2 is 2.28 bits per heavy atom. The van der Waals surface area contributed by atoms with Gasteiger partial charge in [-0.3, -0.25) is 0 Å². The first-order chi connectivity index (χ1) is 8.71. The van der Waals surface area contributed by atoms with Crippen molar-refractivity contribution in [3.05, 3.63) is 45.9 Å². The molecule has 1 atom stereocenters. The molecule has 0 saturated heterocycles. The average molecular weight is 260 g/mol. The molecule has 0 saturated carbocycles. The van der Waals surface area contributed by atoms with E-state index in [2.05, 4.69) is 17.1 Å². The molecule has 0 spiro atoms. The number of aromatic nitrogens is 1. The molecular formula is C14H16N2OS. The van der Waals surface area contributed by atoms with Crippen LogP contribution in [0.5, 0.6) is 5.75 Å². The SMILES string of the molecule is COc1ccc2c(c1)CC(N)(c1nccs1)CC2. The fourth-order valence-electron chi connectivity index (χ4n) is 2.58. The van der Waals surface area contributed by atoms with Crippen LogP contribution in [0.25, 0.3) is 0 Å². The summed E-state index contributed by atoms with van der Waals surface area (Å²) in [6, 6.07) is 6.27. The molecule has 4 heteroatoms. The Bertz CT molecular complexity index is 553. The maximum absolute atomic E-state index is 6.54. The fraction of sp³-hybridized carbons (Fsp3) is 0.357. The predicted molar refractivity (Wildman–Crippen MR) is 73.0 cm³/mol. The third-order valence-electron chi connectivity index (χ3n) is 3.62. The zero-order valence-corrected chi connectivity index (χ0v) is 11.2. The van der Waals surface area contributed by atoms with E-state index in [0.717, 1.165) is 30.0 Å². The Balaban J connectivity index is 1.96. The number of hydrogen-bond acceptors (Lipinski definition) is 4. The minimum Gasteiger partial charge on any atom is -0.497 e. The van der Waals surface area contributed by atoms with Crippen molar-refractivity contribution in [1.82, 2.24) is 4.98 Å². The molecule has 1 aliphatic rings. The van der Waals surface area contributed by atoms with Gasteiger partial charge < -0.3 is 10.5 Å². The molecule has 0 fully saturated rings. The van der Waals surface area contributed by atoms with Crippen molar-refractivity contribution in [3.63, 3.8) is 0 Å². The molecule has 1 aliphatic carbocycles. The Labute approximate surface area is 111 Å². The molecule has 0 amide bonds. The van der Waals surface area contributed by atoms with Crippen LogP contribution in [0.1, 0.15) is 22.6 Å². The highest BCUT2D eigenvalue weighted by Crippen LogP contribution is 2.36. The number of nitrogens with zero attached hydrogens (tertiary/aromatic N) is 1. The topological polar surface area (TPSA) is 48.1 Å². The van der Waals surface area contributed by atoms with Gasteiger partial charge in [0.25, 0.3) is 0 Å². The van der Waals surface area contributed by atoms with Crippen LogP contribution < -0.4 is 10.5 Å². The first kappa shape index (κ1) is 11.7. The molecule has 0 aliphatic heterocycles. The summed E-state index contributed by atoms with van der Waals surface area (Å²) in [5, 5.41) is 3.03. The highest BCUT2D eigenvalue weighted by Gasteiger charge is 2.34. The number of benzene rings is 1. The van der Waals surface area contributed by atoms with E-state index in [1.807, 2.05) is 17.6 Å². The van der Waals surface area contributed by atoms with E-state index < -0.39 is 0 Å². The normalized spacial score (nSPS) is 22.6. The Morgan fingerprint density at radius 3 is 3.00 bits per heavy atom. The number of fused-ring (bicyclic) bond motifs is 1. The van der Waals surface area contributed by atoms with E-state index in [4.69, 9.17) is 10.5 Å². The molecule has 1 aromatic carbocycles. The fourth-order valence-corrected chi connectivity index (χ4v) is 3.36. The van der Waals surface area contributed by atoms with Crippen molar-refractivity contribution in [2.24, 2.45) is 5.73 Å². The maximum Gasteiger partial charge on any atom is 0.119 e. The lowest BCUT2D eigenvalue weighted by molar-refractivity contribution is 0.378. The molecule has 2 aromatic rings. The van der Waals surface area contributed by atoms with Gasteiger partial charge in [0.1, 0.15) is 10.8 Å². The summed E-state index contributed by atoms with van der Waals surface area (Å²) in [5.74, 6) is 0.900. The quantitative estimate of drug-likeness (QED) is 0.902. The van der Waals surface area contributed by atoms with Crippen LogP contribution in [0, 0.1) is 0 Å². The van der Waals surface area contributed by atoms with Crippen LogP contribution in [0.15, 0.2) is 29.8 Å². The number of rotatable bonds is 2. The summed E-state index contributed by atoms with van der Waals surface area (Å²) in [7, 11) is 1.70. The van der Waals surface area contributed by atoms with Gasteiger partial charge in [0.15, 0.2) is 0 Å². The van der Waals surface area contributed by atoms with Crippen molar-refractivity contribution in [2.45, 2.75) is 24.8 Å². The molecule has 1 heterocycles. The van der Waals surface area contributed by atoms with Crippen LogP contribution in [0.2, 0.25) is 0 Å². The molecule has 0 radical (unpaired) electrons. The van der Waals surface area contributed by atoms with Gasteiger partial charge >= 0.3 is 0 Å². The second-order valence-corrected chi connectivity index (χ2v) is 5.70. The zero-order chi connectivity index (χ0) is 12.6. The first-order valence-corrected chi connectivity index (χ1v) is 6.94. The van der Waals surface area contributed by atoms with Crippen LogP contribution in [0.3, 0.4) is 0 Å². The first-order valence-electron chi connectivity index (χ1n) is 6.06. The number of nitrogens with two attached hydrogens (primary N) is 1. The van der Waals surface area contributed by atoms with Crippen LogP contribution in [-0.2, 0) is 18.4 Å². The third-order valence-corrected chi connectivity index (χ3v) is 4.61. The zero-order valence-electron chi connectivity index (χ0n) is 10.3. The van der Waals surface area contributed by atoms with E-state index in [-0.39, 0.29) is 5.54 Å². The summed E-state index contributed by atoms with van der Waals surface area (Å²) >= 11 is 1.65. The van der Waals surface area contributed by atoms with Gasteiger partial charge in [-0.2, -0.15) is 0 Å². The maximum atomic E-state index is 6.54. The van der Waals surface area contributed by atoms with Crippen LogP contribution in [-0.4, -0.2) is 12.1 Å². The Kier molecular flexibility index (Phi) is 2.84. The van der Waals surface area contributed by atoms with Crippen LogP contribution in [0.4, 0.5) is 0 Å². The van der Waals surface area contributed by atoms with Gasteiger partial charge in [0.05, 0.1) is 12.6 Å². The van der Waals surface area contributed by atoms with E-state index >= 15 is 0 Å². The lowest BCUT2D eigenvalue weighted by Gasteiger charge is -2.33. The van der Waals surface area contributed by atoms with E-state index in [1.165, 1.54) is 11.1 Å². The molecule has 2 N–H and O–H groups in total. The number of methoxy groups -OCH3 is 1. The molecular weight excluding hydrogens is 244 g/mol. The van der Waals surface area contributed by atoms with E-state index in [9.17, 15) is 0 Å². The molecule has 3 nitrogen and oxygen atoms in total. The van der Waals surface area contributed by atoms with Crippen molar-refractivity contribution in [1.29, 1.82) is 0 Å². The van der Waals surface area contributed by atoms with Gasteiger partial charge in [0, 0.05) is 11.6 Å². The number of ether oxygens (including phenoxy) is 1. The molecule has 3 rings (SSSR count). The van der Waals surface area contributed by atoms with E-state index in [1.54, 1.807) is 18.4 Å². The van der Waals surface area contributed by atoms with Gasteiger partial charge in [-0.05, 0) is 42.5 Å². The summed E-state index contributed by atoms with van der Waals surface area (Å²) in [6.45, 7) is 0. The van der Waals surface area contributed by atoms with Gasteiger partial charge in [0.2, 0.25) is 0 Å². The summed E-state index contributed by atoms with van der Waals surface area (Å²) in [5.41, 5.74) is 8.90. The largest absolute Gasteiger partial charge is 0.497 e. The second kappa shape index (κ2) is 4.37. The minimum absolute atomic E-state index is 0.312. The highest BCUT2D eigenvalue weighted by molar-refractivity contribution is 7.09.